The number of aromatic hydroxyl groups is 1. The van der Waals surface area contributed by atoms with Crippen molar-refractivity contribution in [2.45, 2.75) is 45.3 Å². The van der Waals surface area contributed by atoms with E-state index in [-0.39, 0.29) is 11.8 Å². The number of hydrogen-bond acceptors (Lipinski definition) is 6. The van der Waals surface area contributed by atoms with Gasteiger partial charge in [-0.15, -0.1) is 11.3 Å². The molecule has 0 bridgehead atoms. The van der Waals surface area contributed by atoms with Crippen molar-refractivity contribution in [2.24, 2.45) is 0 Å². The molecule has 0 saturated heterocycles. The molecule has 0 saturated carbocycles. The number of alkyl carbamates (subject to hydrolysis) is 1. The van der Waals surface area contributed by atoms with Gasteiger partial charge in [0, 0.05) is 48.4 Å². The van der Waals surface area contributed by atoms with E-state index in [1.807, 2.05) is 30.3 Å². The van der Waals surface area contributed by atoms with Crippen LogP contribution in [0.3, 0.4) is 0 Å². The van der Waals surface area contributed by atoms with Gasteiger partial charge in [-0.1, -0.05) is 43.7 Å². The molecule has 0 aliphatic heterocycles. The molecular formula is C26H32N4O4S. The van der Waals surface area contributed by atoms with Gasteiger partial charge < -0.3 is 25.4 Å². The van der Waals surface area contributed by atoms with Crippen LogP contribution < -0.4 is 10.6 Å². The SMILES string of the molecule is CCCCC(OC(=O)NCc1cncs1)c1ccc(NC(=O)N(C)C)c(Cc2ccccc2)c1O. The first kappa shape index (κ1) is 26.0. The number of carbonyl (C=O) groups excluding carboxylic acids is 2. The van der Waals surface area contributed by atoms with Gasteiger partial charge in [0.15, 0.2) is 0 Å². The zero-order chi connectivity index (χ0) is 25.2. The Balaban J connectivity index is 1.89. The number of phenolic OH excluding ortho intramolecular Hbond substituents is 1. The Labute approximate surface area is 210 Å². The highest BCUT2D eigenvalue weighted by atomic mass is 32.1. The van der Waals surface area contributed by atoms with Gasteiger partial charge in [-0.25, -0.2) is 9.59 Å². The van der Waals surface area contributed by atoms with Crippen molar-refractivity contribution in [1.29, 1.82) is 0 Å². The summed E-state index contributed by atoms with van der Waals surface area (Å²) < 4.78 is 5.76. The summed E-state index contributed by atoms with van der Waals surface area (Å²) in [7, 11) is 3.31. The Morgan fingerprint density at radius 3 is 2.60 bits per heavy atom. The van der Waals surface area contributed by atoms with Crippen molar-refractivity contribution in [3.05, 3.63) is 75.7 Å². The molecule has 3 N–H and O–H groups in total. The minimum atomic E-state index is -0.635. The van der Waals surface area contributed by atoms with Crippen LogP contribution in [0.15, 0.2) is 54.2 Å². The summed E-state index contributed by atoms with van der Waals surface area (Å²) in [6, 6.07) is 12.9. The topological polar surface area (TPSA) is 104 Å². The molecule has 186 valence electrons. The largest absolute Gasteiger partial charge is 0.507 e. The smallest absolute Gasteiger partial charge is 0.408 e. The van der Waals surface area contributed by atoms with Crippen molar-refractivity contribution in [3.8, 4) is 5.75 Å². The van der Waals surface area contributed by atoms with Crippen molar-refractivity contribution in [3.63, 3.8) is 0 Å². The molecular weight excluding hydrogens is 464 g/mol. The number of anilines is 1. The fourth-order valence-corrected chi connectivity index (χ4v) is 4.10. The van der Waals surface area contributed by atoms with Crippen molar-refractivity contribution >= 4 is 29.1 Å². The number of carbonyl (C=O) groups is 2. The number of hydrogen-bond donors (Lipinski definition) is 3. The molecule has 3 amide bonds. The standard InChI is InChI=1S/C26H32N4O4S/c1-4-5-11-23(34-26(33)28-16-19-15-27-17-35-19)20-12-13-22(29-25(32)30(2)3)21(24(20)31)14-18-9-7-6-8-10-18/h6-10,12-13,15,17,23,31H,4-5,11,14,16H2,1-3H3,(H,28,33)(H,29,32). The van der Waals surface area contributed by atoms with Gasteiger partial charge in [0.2, 0.25) is 0 Å². The molecule has 2 aromatic carbocycles. The maximum Gasteiger partial charge on any atom is 0.408 e. The van der Waals surface area contributed by atoms with E-state index in [4.69, 9.17) is 4.74 Å². The predicted octanol–water partition coefficient (Wildman–Crippen LogP) is 5.69. The van der Waals surface area contributed by atoms with Crippen LogP contribution in [-0.2, 0) is 17.7 Å². The number of nitrogens with one attached hydrogen (secondary N) is 2. The maximum atomic E-state index is 12.6. The monoisotopic (exact) mass is 496 g/mol. The van der Waals surface area contributed by atoms with Crippen LogP contribution >= 0.6 is 11.3 Å². The average molecular weight is 497 g/mol. The second-order valence-corrected chi connectivity index (χ2v) is 9.34. The normalized spacial score (nSPS) is 11.5. The highest BCUT2D eigenvalue weighted by Crippen LogP contribution is 2.38. The van der Waals surface area contributed by atoms with Gasteiger partial charge in [-0.3, -0.25) is 4.98 Å². The lowest BCUT2D eigenvalue weighted by Gasteiger charge is -2.23. The first-order valence-electron chi connectivity index (χ1n) is 11.6. The number of unbranched alkanes of at least 4 members (excludes halogenated alkanes) is 1. The van der Waals surface area contributed by atoms with Gasteiger partial charge in [0.05, 0.1) is 12.1 Å². The number of thiazole rings is 1. The van der Waals surface area contributed by atoms with Gasteiger partial charge in [0.1, 0.15) is 11.9 Å². The Kier molecular flexibility index (Phi) is 9.48. The first-order chi connectivity index (χ1) is 16.9. The molecule has 0 aliphatic carbocycles. The number of amides is 3. The first-order valence-corrected chi connectivity index (χ1v) is 12.5. The Morgan fingerprint density at radius 1 is 1.17 bits per heavy atom. The van der Waals surface area contributed by atoms with E-state index in [2.05, 4.69) is 22.5 Å². The van der Waals surface area contributed by atoms with Crippen molar-refractivity contribution in [1.82, 2.24) is 15.2 Å². The van der Waals surface area contributed by atoms with Crippen LogP contribution in [0.25, 0.3) is 0 Å². The fraction of sp³-hybridized carbons (Fsp3) is 0.346. The van der Waals surface area contributed by atoms with E-state index in [0.29, 0.717) is 36.2 Å². The van der Waals surface area contributed by atoms with Crippen LogP contribution in [-0.4, -0.2) is 41.2 Å². The van der Waals surface area contributed by atoms with Crippen LogP contribution in [0, 0.1) is 0 Å². The Morgan fingerprint density at radius 2 is 1.94 bits per heavy atom. The third-order valence-corrected chi connectivity index (χ3v) is 6.27. The number of ether oxygens (including phenoxy) is 1. The summed E-state index contributed by atoms with van der Waals surface area (Å²) in [6.45, 7) is 2.38. The highest BCUT2D eigenvalue weighted by molar-refractivity contribution is 7.09. The highest BCUT2D eigenvalue weighted by Gasteiger charge is 2.24. The number of urea groups is 1. The second kappa shape index (κ2) is 12.8. The lowest BCUT2D eigenvalue weighted by atomic mass is 9.95. The average Bonchev–Trinajstić information content (AvgIpc) is 3.37. The van der Waals surface area contributed by atoms with E-state index < -0.39 is 12.2 Å². The molecule has 1 atom stereocenters. The number of phenols is 1. The Hall–Kier alpha value is -3.59. The molecule has 0 aliphatic rings. The number of benzene rings is 2. The minimum absolute atomic E-state index is 0.0155. The summed E-state index contributed by atoms with van der Waals surface area (Å²) in [6.07, 6.45) is 3.20. The minimum Gasteiger partial charge on any atom is -0.507 e. The maximum absolute atomic E-state index is 12.6. The zero-order valence-electron chi connectivity index (χ0n) is 20.3. The van der Waals surface area contributed by atoms with E-state index in [1.54, 1.807) is 37.9 Å². The Bertz CT molecular complexity index is 1100. The van der Waals surface area contributed by atoms with E-state index >= 15 is 0 Å². The third-order valence-electron chi connectivity index (χ3n) is 5.49. The summed E-state index contributed by atoms with van der Waals surface area (Å²) in [5.74, 6) is 0.0155. The molecule has 1 heterocycles. The zero-order valence-corrected chi connectivity index (χ0v) is 21.1. The quantitative estimate of drug-likeness (QED) is 0.334. The molecule has 9 heteroatoms. The lowest BCUT2D eigenvalue weighted by molar-refractivity contribution is 0.0893. The molecule has 0 radical (unpaired) electrons. The molecule has 1 unspecified atom stereocenters. The molecule has 1 aromatic heterocycles. The fourth-order valence-electron chi connectivity index (χ4n) is 3.56. The summed E-state index contributed by atoms with van der Waals surface area (Å²) in [4.78, 5) is 31.3. The van der Waals surface area contributed by atoms with Crippen LogP contribution in [0.4, 0.5) is 15.3 Å². The molecule has 8 nitrogen and oxygen atoms in total. The van der Waals surface area contributed by atoms with Crippen molar-refractivity contribution < 1.29 is 19.4 Å². The van der Waals surface area contributed by atoms with Gasteiger partial charge >= 0.3 is 12.1 Å². The second-order valence-electron chi connectivity index (χ2n) is 8.37. The summed E-state index contributed by atoms with van der Waals surface area (Å²) in [5, 5.41) is 17.0. The lowest BCUT2D eigenvalue weighted by Crippen LogP contribution is -2.28. The van der Waals surface area contributed by atoms with Crippen LogP contribution in [0.1, 0.15) is 53.9 Å². The van der Waals surface area contributed by atoms with E-state index in [9.17, 15) is 14.7 Å². The van der Waals surface area contributed by atoms with E-state index in [0.717, 1.165) is 23.3 Å². The molecule has 35 heavy (non-hydrogen) atoms. The van der Waals surface area contributed by atoms with Crippen LogP contribution in [0.5, 0.6) is 5.75 Å². The molecule has 0 fully saturated rings. The molecule has 0 spiro atoms. The van der Waals surface area contributed by atoms with Crippen LogP contribution in [0.2, 0.25) is 0 Å². The molecule has 3 aromatic rings. The number of rotatable bonds is 10. The molecule has 3 rings (SSSR count). The number of aromatic nitrogens is 1. The van der Waals surface area contributed by atoms with E-state index in [1.165, 1.54) is 16.2 Å². The summed E-state index contributed by atoms with van der Waals surface area (Å²) >= 11 is 1.45. The third kappa shape index (κ3) is 7.45. The summed E-state index contributed by atoms with van der Waals surface area (Å²) in [5.41, 5.74) is 4.28. The van der Waals surface area contributed by atoms with Gasteiger partial charge in [-0.05, 0) is 30.5 Å². The predicted molar refractivity (Wildman–Crippen MR) is 138 cm³/mol. The van der Waals surface area contributed by atoms with Gasteiger partial charge in [0.25, 0.3) is 0 Å². The number of nitrogens with zero attached hydrogens (tertiary/aromatic N) is 2. The van der Waals surface area contributed by atoms with Gasteiger partial charge in [-0.2, -0.15) is 0 Å². The van der Waals surface area contributed by atoms with Crippen molar-refractivity contribution in [2.75, 3.05) is 19.4 Å².